The van der Waals surface area contributed by atoms with Crippen molar-refractivity contribution >= 4 is 23.7 Å². The number of hydrogen-bond acceptors (Lipinski definition) is 8. The quantitative estimate of drug-likeness (QED) is 0.530. The van der Waals surface area contributed by atoms with Crippen LogP contribution in [0.3, 0.4) is 0 Å². The number of ketones is 1. The molecule has 0 spiro atoms. The largest absolute Gasteiger partial charge is 0.472 e. The molecule has 7 atom stereocenters. The second-order valence-electron chi connectivity index (χ2n) is 9.53. The van der Waals surface area contributed by atoms with Gasteiger partial charge in [-0.3, -0.25) is 19.2 Å². The Bertz CT molecular complexity index is 905. The zero-order chi connectivity index (χ0) is 22.6. The normalized spacial score (nSPS) is 39.7. The standard InChI is InChI=1S/C23H28O8/c1-12(24)30-16-9-15(20(26)28-4)22(2)7-5-14-21(27)31-17(13-6-8-29-11-13)10-23(14,3)19(22)18(16)25/h6,8,11,14-17,19H,5,7,9-10H2,1-4H3/t14-,15-,16-,17-,19?,22-,23-/m0/s1. The first-order valence-corrected chi connectivity index (χ1v) is 10.6. The number of cyclic esters (lactones) is 1. The maximum Gasteiger partial charge on any atom is 0.310 e. The molecule has 1 aliphatic heterocycles. The van der Waals surface area contributed by atoms with Crippen LogP contribution in [0.15, 0.2) is 23.0 Å². The molecule has 1 unspecified atom stereocenters. The summed E-state index contributed by atoms with van der Waals surface area (Å²) in [7, 11) is 1.32. The van der Waals surface area contributed by atoms with Gasteiger partial charge in [0.15, 0.2) is 11.9 Å². The zero-order valence-electron chi connectivity index (χ0n) is 18.2. The van der Waals surface area contributed by atoms with E-state index >= 15 is 0 Å². The lowest BCUT2D eigenvalue weighted by Gasteiger charge is -2.60. The fourth-order valence-corrected chi connectivity index (χ4v) is 6.46. The van der Waals surface area contributed by atoms with Gasteiger partial charge in [-0.2, -0.15) is 0 Å². The molecule has 8 nitrogen and oxygen atoms in total. The highest BCUT2D eigenvalue weighted by molar-refractivity contribution is 5.93. The molecule has 1 aromatic rings. The summed E-state index contributed by atoms with van der Waals surface area (Å²) < 4.78 is 21.3. The van der Waals surface area contributed by atoms with E-state index in [2.05, 4.69) is 0 Å². The Morgan fingerprint density at radius 1 is 1.19 bits per heavy atom. The van der Waals surface area contributed by atoms with Crippen molar-refractivity contribution in [1.29, 1.82) is 0 Å². The smallest absolute Gasteiger partial charge is 0.310 e. The molecule has 2 saturated carbocycles. The summed E-state index contributed by atoms with van der Waals surface area (Å²) in [6.07, 6.45) is 2.98. The maximum atomic E-state index is 13.7. The molecule has 0 radical (unpaired) electrons. The van der Waals surface area contributed by atoms with Gasteiger partial charge in [-0.15, -0.1) is 0 Å². The summed E-state index contributed by atoms with van der Waals surface area (Å²) in [6, 6.07) is 1.74. The number of fused-ring (bicyclic) bond motifs is 3. The minimum atomic E-state index is -1.04. The first kappa shape index (κ1) is 21.6. The predicted molar refractivity (Wildman–Crippen MR) is 105 cm³/mol. The molecule has 3 aliphatic rings. The van der Waals surface area contributed by atoms with Gasteiger partial charge in [0.25, 0.3) is 0 Å². The molecule has 2 heterocycles. The summed E-state index contributed by atoms with van der Waals surface area (Å²) in [5, 5.41) is 0. The molecule has 0 N–H and O–H groups in total. The fraction of sp³-hybridized carbons (Fsp3) is 0.652. The van der Waals surface area contributed by atoms with Crippen LogP contribution in [0.1, 0.15) is 58.1 Å². The van der Waals surface area contributed by atoms with E-state index in [4.69, 9.17) is 18.6 Å². The van der Waals surface area contributed by atoms with Crippen LogP contribution < -0.4 is 0 Å². The van der Waals surface area contributed by atoms with Crippen molar-refractivity contribution in [2.45, 2.75) is 58.7 Å². The van der Waals surface area contributed by atoms with Gasteiger partial charge in [0.1, 0.15) is 6.10 Å². The van der Waals surface area contributed by atoms with E-state index in [1.807, 2.05) is 13.8 Å². The van der Waals surface area contributed by atoms with Gasteiger partial charge in [-0.05, 0) is 36.2 Å². The maximum absolute atomic E-state index is 13.7. The van der Waals surface area contributed by atoms with Gasteiger partial charge in [0.05, 0.1) is 31.5 Å². The van der Waals surface area contributed by atoms with Crippen molar-refractivity contribution in [3.8, 4) is 0 Å². The third kappa shape index (κ3) is 3.27. The molecule has 3 fully saturated rings. The van der Waals surface area contributed by atoms with E-state index in [0.29, 0.717) is 19.3 Å². The Balaban J connectivity index is 1.80. The number of Topliss-reactive ketones (excluding diaryl/α,β-unsaturated/α-hetero) is 1. The SMILES string of the molecule is COC(=O)[C@@H]1C[C@H](OC(C)=O)C(=O)C2[C@@]1(C)CC[C@H]1C(=O)O[C@H](c3ccoc3)C[C@]21C. The Morgan fingerprint density at radius 3 is 2.55 bits per heavy atom. The lowest BCUT2D eigenvalue weighted by molar-refractivity contribution is -0.210. The van der Waals surface area contributed by atoms with Gasteiger partial charge in [-0.25, -0.2) is 0 Å². The first-order valence-electron chi connectivity index (χ1n) is 10.6. The van der Waals surface area contributed by atoms with Gasteiger partial charge in [0, 0.05) is 24.8 Å². The number of furan rings is 1. The molecule has 0 aromatic carbocycles. The average molecular weight is 432 g/mol. The molecule has 0 bridgehead atoms. The van der Waals surface area contributed by atoms with Crippen molar-refractivity contribution in [3.05, 3.63) is 24.2 Å². The van der Waals surface area contributed by atoms with Crippen LogP contribution in [0.5, 0.6) is 0 Å². The van der Waals surface area contributed by atoms with Crippen LogP contribution in [-0.4, -0.2) is 36.9 Å². The second-order valence-corrected chi connectivity index (χ2v) is 9.53. The van der Waals surface area contributed by atoms with E-state index in [9.17, 15) is 19.2 Å². The highest BCUT2D eigenvalue weighted by Crippen LogP contribution is 2.65. The number of rotatable bonds is 3. The number of carbonyl (C=O) groups excluding carboxylic acids is 4. The van der Waals surface area contributed by atoms with Gasteiger partial charge < -0.3 is 18.6 Å². The second kappa shape index (κ2) is 7.50. The van der Waals surface area contributed by atoms with Crippen LogP contribution in [0, 0.1) is 28.6 Å². The molecule has 1 saturated heterocycles. The van der Waals surface area contributed by atoms with Gasteiger partial charge >= 0.3 is 17.9 Å². The molecular weight excluding hydrogens is 404 g/mol. The Morgan fingerprint density at radius 2 is 1.94 bits per heavy atom. The van der Waals surface area contributed by atoms with Crippen molar-refractivity contribution in [2.24, 2.45) is 28.6 Å². The average Bonchev–Trinajstić information content (AvgIpc) is 3.23. The molecule has 0 amide bonds. The summed E-state index contributed by atoms with van der Waals surface area (Å²) >= 11 is 0. The van der Waals surface area contributed by atoms with Crippen LogP contribution in [0.2, 0.25) is 0 Å². The van der Waals surface area contributed by atoms with E-state index in [1.165, 1.54) is 26.6 Å². The number of hydrogen-bond donors (Lipinski definition) is 0. The number of esters is 3. The molecule has 4 rings (SSSR count). The fourth-order valence-electron chi connectivity index (χ4n) is 6.46. The van der Waals surface area contributed by atoms with Crippen molar-refractivity contribution in [3.63, 3.8) is 0 Å². The topological polar surface area (TPSA) is 109 Å². The van der Waals surface area contributed by atoms with Crippen molar-refractivity contribution in [1.82, 2.24) is 0 Å². The summed E-state index contributed by atoms with van der Waals surface area (Å²) in [5.74, 6) is -3.35. The highest BCUT2D eigenvalue weighted by Gasteiger charge is 2.67. The lowest BCUT2D eigenvalue weighted by atomic mass is 9.43. The van der Waals surface area contributed by atoms with Gasteiger partial charge in [-0.1, -0.05) is 13.8 Å². The van der Waals surface area contributed by atoms with Gasteiger partial charge in [0.2, 0.25) is 0 Å². The molecule has 1 aromatic heterocycles. The molecule has 2 aliphatic carbocycles. The Kier molecular flexibility index (Phi) is 5.22. The number of ether oxygens (including phenoxy) is 3. The van der Waals surface area contributed by atoms with Crippen LogP contribution >= 0.6 is 0 Å². The molecule has 168 valence electrons. The summed E-state index contributed by atoms with van der Waals surface area (Å²) in [4.78, 5) is 51.2. The first-order chi connectivity index (χ1) is 14.6. The van der Waals surface area contributed by atoms with Crippen LogP contribution in [-0.2, 0) is 33.4 Å². The van der Waals surface area contributed by atoms with E-state index < -0.39 is 52.7 Å². The Hall–Kier alpha value is -2.64. The molecular formula is C23H28O8. The third-order valence-electron chi connectivity index (χ3n) is 7.81. The number of carbonyl (C=O) groups is 4. The highest BCUT2D eigenvalue weighted by atomic mass is 16.6. The minimum Gasteiger partial charge on any atom is -0.472 e. The van der Waals surface area contributed by atoms with E-state index in [-0.39, 0.29) is 18.2 Å². The minimum absolute atomic E-state index is 0.0917. The van der Waals surface area contributed by atoms with Crippen molar-refractivity contribution in [2.75, 3.05) is 7.11 Å². The summed E-state index contributed by atoms with van der Waals surface area (Å²) in [6.45, 7) is 5.09. The van der Waals surface area contributed by atoms with E-state index in [0.717, 1.165) is 5.56 Å². The summed E-state index contributed by atoms with van der Waals surface area (Å²) in [5.41, 5.74) is -0.763. The van der Waals surface area contributed by atoms with Crippen LogP contribution in [0.25, 0.3) is 0 Å². The molecule has 8 heteroatoms. The number of methoxy groups -OCH3 is 1. The third-order valence-corrected chi connectivity index (χ3v) is 7.81. The van der Waals surface area contributed by atoms with Crippen LogP contribution in [0.4, 0.5) is 0 Å². The predicted octanol–water partition coefficient (Wildman–Crippen LogP) is 3.00. The van der Waals surface area contributed by atoms with Crippen molar-refractivity contribution < 1.29 is 37.8 Å². The van der Waals surface area contributed by atoms with E-state index in [1.54, 1.807) is 6.07 Å². The lowest BCUT2D eigenvalue weighted by Crippen LogP contribution is -2.64. The zero-order valence-corrected chi connectivity index (χ0v) is 18.2. The monoisotopic (exact) mass is 432 g/mol. The molecule has 31 heavy (non-hydrogen) atoms. The Labute approximate surface area is 180 Å².